The lowest BCUT2D eigenvalue weighted by atomic mass is 9.44. The minimum absolute atomic E-state index is 0.164. The van der Waals surface area contributed by atoms with Crippen LogP contribution in [0.2, 0.25) is 0 Å². The third-order valence-electron chi connectivity index (χ3n) is 5.93. The topological polar surface area (TPSA) is 52.9 Å². The summed E-state index contributed by atoms with van der Waals surface area (Å²) < 4.78 is 0. The van der Waals surface area contributed by atoms with Gasteiger partial charge in [0, 0.05) is 0 Å². The maximum Gasteiger partial charge on any atom is 0.227 e. The van der Waals surface area contributed by atoms with E-state index in [-0.39, 0.29) is 23.3 Å². The number of nitrogens with zero attached hydrogens (tertiary/aromatic N) is 1. The zero-order valence-corrected chi connectivity index (χ0v) is 12.9. The van der Waals surface area contributed by atoms with Crippen molar-refractivity contribution in [2.45, 2.75) is 65.3 Å². The standard InChI is InChI=1S/C17H26N2O/c1-11(2)14(9-18)19-15(20)17-7-12-4-13(8-17)6-16(3,5-12)10-17/h11-14H,4-8,10H2,1-3H3,(H,19,20). The number of rotatable bonds is 3. The lowest BCUT2D eigenvalue weighted by Crippen LogP contribution is -2.58. The van der Waals surface area contributed by atoms with E-state index < -0.39 is 0 Å². The summed E-state index contributed by atoms with van der Waals surface area (Å²) in [5.74, 6) is 1.82. The molecular formula is C17H26N2O. The summed E-state index contributed by atoms with van der Waals surface area (Å²) in [7, 11) is 0. The lowest BCUT2D eigenvalue weighted by molar-refractivity contribution is -0.155. The summed E-state index contributed by atoms with van der Waals surface area (Å²) in [6.07, 6.45) is 7.10. The van der Waals surface area contributed by atoms with Crippen LogP contribution in [-0.2, 0) is 4.79 Å². The van der Waals surface area contributed by atoms with Gasteiger partial charge in [-0.15, -0.1) is 0 Å². The second-order valence-corrected chi connectivity index (χ2v) is 8.38. The van der Waals surface area contributed by atoms with Gasteiger partial charge in [0.05, 0.1) is 11.5 Å². The summed E-state index contributed by atoms with van der Waals surface area (Å²) in [6.45, 7) is 6.36. The average molecular weight is 274 g/mol. The van der Waals surface area contributed by atoms with Crippen LogP contribution in [0.15, 0.2) is 0 Å². The van der Waals surface area contributed by atoms with Crippen LogP contribution in [0, 0.1) is 39.9 Å². The van der Waals surface area contributed by atoms with Crippen molar-refractivity contribution in [3.8, 4) is 6.07 Å². The number of amides is 1. The maximum absolute atomic E-state index is 12.9. The van der Waals surface area contributed by atoms with Crippen LogP contribution in [0.5, 0.6) is 0 Å². The summed E-state index contributed by atoms with van der Waals surface area (Å²) in [5, 5.41) is 12.3. The number of nitriles is 1. The molecule has 20 heavy (non-hydrogen) atoms. The Balaban J connectivity index is 1.79. The third kappa shape index (κ3) is 2.14. The highest BCUT2D eigenvalue weighted by Crippen LogP contribution is 2.65. The van der Waals surface area contributed by atoms with Crippen LogP contribution < -0.4 is 5.32 Å². The molecule has 4 bridgehead atoms. The van der Waals surface area contributed by atoms with Gasteiger partial charge in [-0.25, -0.2) is 0 Å². The van der Waals surface area contributed by atoms with Gasteiger partial charge in [-0.2, -0.15) is 5.26 Å². The fourth-order valence-corrected chi connectivity index (χ4v) is 5.63. The molecule has 0 aromatic rings. The molecule has 3 atom stereocenters. The number of hydrogen-bond donors (Lipinski definition) is 1. The van der Waals surface area contributed by atoms with E-state index in [1.165, 1.54) is 19.3 Å². The number of nitrogens with one attached hydrogen (secondary N) is 1. The molecule has 0 aromatic heterocycles. The fourth-order valence-electron chi connectivity index (χ4n) is 5.63. The molecule has 0 aliphatic heterocycles. The van der Waals surface area contributed by atoms with Crippen LogP contribution in [0.25, 0.3) is 0 Å². The van der Waals surface area contributed by atoms with Crippen molar-refractivity contribution >= 4 is 5.91 Å². The maximum atomic E-state index is 12.9. The second-order valence-electron chi connectivity index (χ2n) is 8.38. The minimum Gasteiger partial charge on any atom is -0.340 e. The van der Waals surface area contributed by atoms with E-state index in [1.807, 2.05) is 13.8 Å². The smallest absolute Gasteiger partial charge is 0.227 e. The highest BCUT2D eigenvalue weighted by atomic mass is 16.2. The third-order valence-corrected chi connectivity index (χ3v) is 5.93. The predicted octanol–water partition coefficient (Wildman–Crippen LogP) is 3.26. The highest BCUT2D eigenvalue weighted by Gasteiger charge is 2.58. The van der Waals surface area contributed by atoms with Crippen molar-refractivity contribution in [2.75, 3.05) is 0 Å². The fraction of sp³-hybridized carbons (Fsp3) is 0.882. The van der Waals surface area contributed by atoms with Crippen LogP contribution in [0.1, 0.15) is 59.3 Å². The molecule has 4 fully saturated rings. The van der Waals surface area contributed by atoms with Gasteiger partial charge < -0.3 is 5.32 Å². The molecule has 4 aliphatic carbocycles. The Morgan fingerprint density at radius 2 is 1.85 bits per heavy atom. The summed E-state index contributed by atoms with van der Waals surface area (Å²) in [4.78, 5) is 12.9. The molecule has 0 radical (unpaired) electrons. The monoisotopic (exact) mass is 274 g/mol. The number of carbonyl (C=O) groups is 1. The van der Waals surface area contributed by atoms with Gasteiger partial charge in [-0.3, -0.25) is 4.79 Å². The molecule has 4 saturated carbocycles. The van der Waals surface area contributed by atoms with E-state index in [4.69, 9.17) is 0 Å². The first-order valence-corrected chi connectivity index (χ1v) is 8.06. The van der Waals surface area contributed by atoms with Crippen molar-refractivity contribution in [1.29, 1.82) is 5.26 Å². The molecule has 1 amide bonds. The molecule has 0 spiro atoms. The van der Waals surface area contributed by atoms with Crippen LogP contribution in [0.4, 0.5) is 0 Å². The minimum atomic E-state index is -0.344. The molecule has 3 heteroatoms. The normalized spacial score (nSPS) is 43.4. The van der Waals surface area contributed by atoms with Crippen LogP contribution in [0.3, 0.4) is 0 Å². The van der Waals surface area contributed by atoms with Crippen molar-refractivity contribution < 1.29 is 4.79 Å². The quantitative estimate of drug-likeness (QED) is 0.858. The van der Waals surface area contributed by atoms with Crippen molar-refractivity contribution in [1.82, 2.24) is 5.32 Å². The number of hydrogen-bond acceptors (Lipinski definition) is 2. The zero-order chi connectivity index (χ0) is 14.5. The molecule has 110 valence electrons. The Labute approximate surface area is 122 Å². The molecule has 0 heterocycles. The second kappa shape index (κ2) is 4.48. The van der Waals surface area contributed by atoms with Crippen molar-refractivity contribution in [3.63, 3.8) is 0 Å². The van der Waals surface area contributed by atoms with E-state index in [0.717, 1.165) is 31.1 Å². The van der Waals surface area contributed by atoms with Gasteiger partial charge in [0.25, 0.3) is 0 Å². The molecule has 0 saturated heterocycles. The van der Waals surface area contributed by atoms with E-state index in [0.29, 0.717) is 5.41 Å². The van der Waals surface area contributed by atoms with Gasteiger partial charge >= 0.3 is 0 Å². The Hall–Kier alpha value is -1.04. The van der Waals surface area contributed by atoms with Crippen molar-refractivity contribution in [2.24, 2.45) is 28.6 Å². The Kier molecular flexibility index (Phi) is 3.12. The van der Waals surface area contributed by atoms with E-state index in [9.17, 15) is 10.1 Å². The van der Waals surface area contributed by atoms with Crippen LogP contribution >= 0.6 is 0 Å². The lowest BCUT2D eigenvalue weighted by Gasteiger charge is -2.60. The average Bonchev–Trinajstić information content (AvgIpc) is 2.31. The van der Waals surface area contributed by atoms with Crippen LogP contribution in [-0.4, -0.2) is 11.9 Å². The first-order valence-electron chi connectivity index (χ1n) is 8.06. The largest absolute Gasteiger partial charge is 0.340 e. The molecule has 0 aromatic carbocycles. The first-order chi connectivity index (χ1) is 9.36. The molecule has 4 aliphatic rings. The van der Waals surface area contributed by atoms with E-state index >= 15 is 0 Å². The number of carbonyl (C=O) groups excluding carboxylic acids is 1. The van der Waals surface area contributed by atoms with Gasteiger partial charge in [0.1, 0.15) is 6.04 Å². The van der Waals surface area contributed by atoms with E-state index in [1.54, 1.807) is 0 Å². The highest BCUT2D eigenvalue weighted by molar-refractivity contribution is 5.83. The molecule has 3 nitrogen and oxygen atoms in total. The molecular weight excluding hydrogens is 248 g/mol. The van der Waals surface area contributed by atoms with Gasteiger partial charge in [0.2, 0.25) is 5.91 Å². The summed E-state index contributed by atoms with van der Waals surface area (Å²) in [5.41, 5.74) is 0.213. The van der Waals surface area contributed by atoms with Crippen molar-refractivity contribution in [3.05, 3.63) is 0 Å². The summed E-state index contributed by atoms with van der Waals surface area (Å²) >= 11 is 0. The summed E-state index contributed by atoms with van der Waals surface area (Å²) in [6, 6.07) is 1.90. The van der Waals surface area contributed by atoms with Gasteiger partial charge in [0.15, 0.2) is 0 Å². The van der Waals surface area contributed by atoms with E-state index in [2.05, 4.69) is 18.3 Å². The SMILES string of the molecule is CC(C)C(C#N)NC(=O)C12CC3CC(CC(C)(C3)C1)C2. The Bertz CT molecular complexity index is 448. The zero-order valence-electron chi connectivity index (χ0n) is 12.9. The molecule has 1 N–H and O–H groups in total. The molecule has 3 unspecified atom stereocenters. The Morgan fingerprint density at radius 1 is 1.25 bits per heavy atom. The van der Waals surface area contributed by atoms with Gasteiger partial charge in [-0.05, 0) is 61.7 Å². The predicted molar refractivity (Wildman–Crippen MR) is 77.6 cm³/mol. The van der Waals surface area contributed by atoms with Gasteiger partial charge in [-0.1, -0.05) is 20.8 Å². The Morgan fingerprint density at radius 3 is 2.30 bits per heavy atom. The molecule has 4 rings (SSSR count). The first kappa shape index (κ1) is 13.9.